The van der Waals surface area contributed by atoms with Gasteiger partial charge >= 0.3 is 0 Å². The van der Waals surface area contributed by atoms with Crippen LogP contribution in [-0.4, -0.2) is 9.78 Å². The summed E-state index contributed by atoms with van der Waals surface area (Å²) in [4.78, 5) is 0. The molecule has 68 valence electrons. The molecule has 0 fully saturated rings. The minimum absolute atomic E-state index is 0.371. The largest absolute Gasteiger partial charge is 0.262 e. The van der Waals surface area contributed by atoms with Crippen LogP contribution in [-0.2, 0) is 0 Å². The maximum atomic E-state index is 6.02. The summed E-state index contributed by atoms with van der Waals surface area (Å²) in [5.41, 5.74) is 1.10. The first kappa shape index (κ1) is 8.57. The van der Waals surface area contributed by atoms with Crippen molar-refractivity contribution in [3.05, 3.63) is 29.4 Å². The van der Waals surface area contributed by atoms with Gasteiger partial charge in [-0.15, -0.1) is 0 Å². The van der Waals surface area contributed by atoms with Crippen molar-refractivity contribution in [3.8, 4) is 0 Å². The summed E-state index contributed by atoms with van der Waals surface area (Å²) in [7, 11) is 0. The van der Waals surface area contributed by atoms with Crippen molar-refractivity contribution in [2.45, 2.75) is 19.9 Å². The van der Waals surface area contributed by atoms with E-state index in [2.05, 4.69) is 18.9 Å². The summed E-state index contributed by atoms with van der Waals surface area (Å²) >= 11 is 6.02. The second-order valence-electron chi connectivity index (χ2n) is 3.36. The van der Waals surface area contributed by atoms with E-state index in [0.29, 0.717) is 6.04 Å². The molecule has 0 radical (unpaired) electrons. The third-order valence-corrected chi connectivity index (χ3v) is 2.41. The molecule has 0 N–H and O–H groups in total. The summed E-state index contributed by atoms with van der Waals surface area (Å²) in [6, 6.07) is 6.24. The SMILES string of the molecule is CC(C)n1ncc2c(Cl)cccc21. The molecule has 0 aliphatic rings. The summed E-state index contributed by atoms with van der Waals surface area (Å²) in [5.74, 6) is 0. The van der Waals surface area contributed by atoms with Crippen LogP contribution in [0.1, 0.15) is 19.9 Å². The first-order valence-electron chi connectivity index (χ1n) is 4.32. The molecule has 0 bridgehead atoms. The molecule has 0 saturated carbocycles. The highest BCUT2D eigenvalue weighted by Gasteiger charge is 2.06. The van der Waals surface area contributed by atoms with E-state index >= 15 is 0 Å². The van der Waals surface area contributed by atoms with E-state index in [-0.39, 0.29) is 0 Å². The molecule has 0 amide bonds. The Balaban J connectivity index is 2.75. The lowest BCUT2D eigenvalue weighted by Crippen LogP contribution is -2.01. The first-order chi connectivity index (χ1) is 6.20. The number of aromatic nitrogens is 2. The van der Waals surface area contributed by atoms with Gasteiger partial charge in [-0.1, -0.05) is 17.7 Å². The van der Waals surface area contributed by atoms with E-state index in [4.69, 9.17) is 11.6 Å². The van der Waals surface area contributed by atoms with Gasteiger partial charge in [0.25, 0.3) is 0 Å². The van der Waals surface area contributed by atoms with Crippen molar-refractivity contribution >= 4 is 22.5 Å². The molecule has 2 rings (SSSR count). The zero-order valence-corrected chi connectivity index (χ0v) is 8.42. The second kappa shape index (κ2) is 3.04. The van der Waals surface area contributed by atoms with E-state index in [1.54, 1.807) is 0 Å². The van der Waals surface area contributed by atoms with Crippen molar-refractivity contribution in [1.82, 2.24) is 9.78 Å². The Morgan fingerprint density at radius 1 is 1.38 bits per heavy atom. The van der Waals surface area contributed by atoms with E-state index in [1.807, 2.05) is 29.1 Å². The molecule has 3 heteroatoms. The Morgan fingerprint density at radius 2 is 2.15 bits per heavy atom. The van der Waals surface area contributed by atoms with Crippen LogP contribution >= 0.6 is 11.6 Å². The monoisotopic (exact) mass is 194 g/mol. The Bertz CT molecular complexity index is 431. The zero-order chi connectivity index (χ0) is 9.42. The molecule has 0 unspecified atom stereocenters. The van der Waals surface area contributed by atoms with Gasteiger partial charge in [0.05, 0.1) is 16.7 Å². The predicted octanol–water partition coefficient (Wildman–Crippen LogP) is 3.27. The van der Waals surface area contributed by atoms with Gasteiger partial charge in [-0.05, 0) is 26.0 Å². The molecule has 0 spiro atoms. The smallest absolute Gasteiger partial charge is 0.0700 e. The van der Waals surface area contributed by atoms with Gasteiger partial charge in [-0.25, -0.2) is 0 Å². The molecule has 2 nitrogen and oxygen atoms in total. The molecule has 0 aliphatic heterocycles. The van der Waals surface area contributed by atoms with E-state index < -0.39 is 0 Å². The lowest BCUT2D eigenvalue weighted by Gasteiger charge is -2.06. The average Bonchev–Trinajstić information content (AvgIpc) is 2.48. The van der Waals surface area contributed by atoms with Crippen LogP contribution in [0.4, 0.5) is 0 Å². The molecule has 2 aromatic rings. The highest BCUT2D eigenvalue weighted by Crippen LogP contribution is 2.24. The lowest BCUT2D eigenvalue weighted by atomic mass is 10.2. The fraction of sp³-hybridized carbons (Fsp3) is 0.300. The summed E-state index contributed by atoms with van der Waals surface area (Å²) < 4.78 is 1.97. The van der Waals surface area contributed by atoms with Gasteiger partial charge in [0, 0.05) is 11.4 Å². The Labute approximate surface area is 82.1 Å². The summed E-state index contributed by atoms with van der Waals surface area (Å²) in [6.07, 6.45) is 1.82. The number of halogens is 1. The number of fused-ring (bicyclic) bond motifs is 1. The fourth-order valence-corrected chi connectivity index (χ4v) is 1.67. The minimum Gasteiger partial charge on any atom is -0.262 e. The van der Waals surface area contributed by atoms with Gasteiger partial charge in [0.1, 0.15) is 0 Å². The predicted molar refractivity (Wildman–Crippen MR) is 55.1 cm³/mol. The van der Waals surface area contributed by atoms with Gasteiger partial charge in [0.15, 0.2) is 0 Å². The van der Waals surface area contributed by atoms with Crippen molar-refractivity contribution in [1.29, 1.82) is 0 Å². The minimum atomic E-state index is 0.371. The number of hydrogen-bond acceptors (Lipinski definition) is 1. The van der Waals surface area contributed by atoms with E-state index in [1.165, 1.54) is 0 Å². The molecular formula is C10H11ClN2. The lowest BCUT2D eigenvalue weighted by molar-refractivity contribution is 0.551. The average molecular weight is 195 g/mol. The third-order valence-electron chi connectivity index (χ3n) is 2.08. The molecule has 0 atom stereocenters. The standard InChI is InChI=1S/C10H11ClN2/c1-7(2)13-10-5-3-4-9(11)8(10)6-12-13/h3-7H,1-2H3. The Kier molecular flexibility index (Phi) is 2.00. The van der Waals surface area contributed by atoms with Crippen LogP contribution in [0.15, 0.2) is 24.4 Å². The van der Waals surface area contributed by atoms with Gasteiger partial charge in [0.2, 0.25) is 0 Å². The molecule has 1 aromatic heterocycles. The van der Waals surface area contributed by atoms with Crippen molar-refractivity contribution < 1.29 is 0 Å². The van der Waals surface area contributed by atoms with Crippen LogP contribution in [0.3, 0.4) is 0 Å². The van der Waals surface area contributed by atoms with Crippen LogP contribution in [0.25, 0.3) is 10.9 Å². The van der Waals surface area contributed by atoms with Crippen LogP contribution in [0.2, 0.25) is 5.02 Å². The molecule has 1 heterocycles. The summed E-state index contributed by atoms with van der Waals surface area (Å²) in [6.45, 7) is 4.21. The molecule has 0 aliphatic carbocycles. The van der Waals surface area contributed by atoms with Crippen molar-refractivity contribution in [2.75, 3.05) is 0 Å². The van der Waals surface area contributed by atoms with Gasteiger partial charge < -0.3 is 0 Å². The highest BCUT2D eigenvalue weighted by molar-refractivity contribution is 6.35. The number of rotatable bonds is 1. The topological polar surface area (TPSA) is 17.8 Å². The second-order valence-corrected chi connectivity index (χ2v) is 3.76. The normalized spacial score (nSPS) is 11.4. The molecular weight excluding hydrogens is 184 g/mol. The van der Waals surface area contributed by atoms with E-state index in [0.717, 1.165) is 15.9 Å². The number of benzene rings is 1. The van der Waals surface area contributed by atoms with Crippen molar-refractivity contribution in [2.24, 2.45) is 0 Å². The Morgan fingerprint density at radius 3 is 2.85 bits per heavy atom. The Hall–Kier alpha value is -1.02. The van der Waals surface area contributed by atoms with Gasteiger partial charge in [-0.3, -0.25) is 4.68 Å². The van der Waals surface area contributed by atoms with E-state index in [9.17, 15) is 0 Å². The van der Waals surface area contributed by atoms with Crippen LogP contribution in [0.5, 0.6) is 0 Å². The number of nitrogens with zero attached hydrogens (tertiary/aromatic N) is 2. The van der Waals surface area contributed by atoms with Crippen LogP contribution < -0.4 is 0 Å². The zero-order valence-electron chi connectivity index (χ0n) is 7.66. The fourth-order valence-electron chi connectivity index (χ4n) is 1.45. The highest BCUT2D eigenvalue weighted by atomic mass is 35.5. The van der Waals surface area contributed by atoms with Gasteiger partial charge in [-0.2, -0.15) is 5.10 Å². The molecule has 0 saturated heterocycles. The maximum Gasteiger partial charge on any atom is 0.0700 e. The van der Waals surface area contributed by atoms with Crippen LogP contribution in [0, 0.1) is 0 Å². The molecule has 13 heavy (non-hydrogen) atoms. The molecule has 1 aromatic carbocycles. The quantitative estimate of drug-likeness (QED) is 0.682. The number of hydrogen-bond donors (Lipinski definition) is 0. The first-order valence-corrected chi connectivity index (χ1v) is 4.69. The summed E-state index contributed by atoms with van der Waals surface area (Å²) in [5, 5.41) is 6.08. The van der Waals surface area contributed by atoms with Crippen molar-refractivity contribution in [3.63, 3.8) is 0 Å². The third kappa shape index (κ3) is 1.31. The maximum absolute atomic E-state index is 6.02.